The summed E-state index contributed by atoms with van der Waals surface area (Å²) in [6.45, 7) is 7.16. The molecule has 0 bridgehead atoms. The smallest absolute Gasteiger partial charge is 0.337 e. The molecule has 0 radical (unpaired) electrons. The van der Waals surface area contributed by atoms with Crippen LogP contribution in [0.25, 0.3) is 0 Å². The Balaban J connectivity index is 2.27. The standard InChI is InChI=1S/C12H18O3/c1-3-14-9-10(2)12(13)15-11-7-5-4-6-8-11/h3,11H,1-2,4-9H2. The van der Waals surface area contributed by atoms with Crippen LogP contribution in [0, 0.1) is 0 Å². The molecule has 0 amide bonds. The van der Waals surface area contributed by atoms with Gasteiger partial charge >= 0.3 is 5.97 Å². The van der Waals surface area contributed by atoms with Crippen molar-refractivity contribution in [3.05, 3.63) is 25.0 Å². The zero-order valence-electron chi connectivity index (χ0n) is 9.04. The number of esters is 1. The quantitative estimate of drug-likeness (QED) is 0.397. The molecule has 1 rings (SSSR count). The van der Waals surface area contributed by atoms with Crippen LogP contribution in [0.3, 0.4) is 0 Å². The van der Waals surface area contributed by atoms with E-state index < -0.39 is 0 Å². The summed E-state index contributed by atoms with van der Waals surface area (Å²) in [5, 5.41) is 0. The average molecular weight is 210 g/mol. The van der Waals surface area contributed by atoms with E-state index in [-0.39, 0.29) is 18.7 Å². The fraction of sp³-hybridized carbons (Fsp3) is 0.583. The fourth-order valence-electron chi connectivity index (χ4n) is 1.64. The highest BCUT2D eigenvalue weighted by molar-refractivity contribution is 5.88. The molecule has 1 saturated carbocycles. The monoisotopic (exact) mass is 210 g/mol. The van der Waals surface area contributed by atoms with E-state index in [9.17, 15) is 4.79 Å². The van der Waals surface area contributed by atoms with Gasteiger partial charge in [-0.2, -0.15) is 0 Å². The summed E-state index contributed by atoms with van der Waals surface area (Å²) in [4.78, 5) is 11.5. The highest BCUT2D eigenvalue weighted by Crippen LogP contribution is 2.21. The van der Waals surface area contributed by atoms with Gasteiger partial charge in [0.2, 0.25) is 0 Å². The Morgan fingerprint density at radius 1 is 1.33 bits per heavy atom. The van der Waals surface area contributed by atoms with Crippen molar-refractivity contribution in [2.75, 3.05) is 6.61 Å². The van der Waals surface area contributed by atoms with Gasteiger partial charge in [-0.05, 0) is 25.7 Å². The molecule has 1 fully saturated rings. The Hall–Kier alpha value is -1.25. The van der Waals surface area contributed by atoms with Crippen molar-refractivity contribution in [1.29, 1.82) is 0 Å². The minimum Gasteiger partial charge on any atom is -0.497 e. The third-order valence-corrected chi connectivity index (χ3v) is 2.49. The van der Waals surface area contributed by atoms with Crippen molar-refractivity contribution in [2.45, 2.75) is 38.2 Å². The van der Waals surface area contributed by atoms with Gasteiger partial charge < -0.3 is 9.47 Å². The first kappa shape index (κ1) is 11.8. The van der Waals surface area contributed by atoms with Gasteiger partial charge in [-0.15, -0.1) is 0 Å². The second-order valence-corrected chi connectivity index (χ2v) is 3.75. The summed E-state index contributed by atoms with van der Waals surface area (Å²) in [6, 6.07) is 0. The molecule has 0 unspecified atom stereocenters. The predicted octanol–water partition coefficient (Wildman–Crippen LogP) is 2.58. The molecule has 3 nitrogen and oxygen atoms in total. The molecular weight excluding hydrogens is 192 g/mol. The van der Waals surface area contributed by atoms with Gasteiger partial charge in [0.1, 0.15) is 12.7 Å². The lowest BCUT2D eigenvalue weighted by molar-refractivity contribution is -0.146. The van der Waals surface area contributed by atoms with Crippen LogP contribution in [0.4, 0.5) is 0 Å². The van der Waals surface area contributed by atoms with Gasteiger partial charge in [-0.3, -0.25) is 0 Å². The molecule has 0 aromatic carbocycles. The van der Waals surface area contributed by atoms with Crippen LogP contribution in [0.5, 0.6) is 0 Å². The van der Waals surface area contributed by atoms with E-state index in [1.54, 1.807) is 0 Å². The molecule has 0 aromatic heterocycles. The lowest BCUT2D eigenvalue weighted by Gasteiger charge is -2.22. The van der Waals surface area contributed by atoms with Crippen LogP contribution in [-0.4, -0.2) is 18.7 Å². The number of rotatable bonds is 5. The fourth-order valence-corrected chi connectivity index (χ4v) is 1.64. The van der Waals surface area contributed by atoms with Gasteiger partial charge in [-0.25, -0.2) is 4.79 Å². The molecule has 3 heteroatoms. The van der Waals surface area contributed by atoms with Gasteiger partial charge in [0, 0.05) is 0 Å². The largest absolute Gasteiger partial charge is 0.497 e. The Morgan fingerprint density at radius 3 is 2.60 bits per heavy atom. The number of ether oxygens (including phenoxy) is 2. The van der Waals surface area contributed by atoms with Gasteiger partial charge in [-0.1, -0.05) is 19.6 Å². The third-order valence-electron chi connectivity index (χ3n) is 2.49. The lowest BCUT2D eigenvalue weighted by Crippen LogP contribution is -2.22. The van der Waals surface area contributed by atoms with E-state index in [4.69, 9.17) is 9.47 Å². The topological polar surface area (TPSA) is 35.5 Å². The summed E-state index contributed by atoms with van der Waals surface area (Å²) < 4.78 is 10.2. The van der Waals surface area contributed by atoms with Crippen molar-refractivity contribution in [2.24, 2.45) is 0 Å². The van der Waals surface area contributed by atoms with E-state index in [1.165, 1.54) is 12.7 Å². The first-order valence-electron chi connectivity index (χ1n) is 5.35. The molecule has 1 aliphatic carbocycles. The van der Waals surface area contributed by atoms with E-state index in [0.717, 1.165) is 25.7 Å². The summed E-state index contributed by atoms with van der Waals surface area (Å²) in [6.07, 6.45) is 6.85. The molecule has 0 saturated heterocycles. The zero-order valence-corrected chi connectivity index (χ0v) is 9.04. The molecule has 1 aliphatic rings. The second kappa shape index (κ2) is 6.27. The molecule has 0 N–H and O–H groups in total. The number of hydrogen-bond acceptors (Lipinski definition) is 3. The normalized spacial score (nSPS) is 16.8. The Labute approximate surface area is 90.8 Å². The van der Waals surface area contributed by atoms with Crippen LogP contribution in [0.2, 0.25) is 0 Å². The van der Waals surface area contributed by atoms with Crippen molar-refractivity contribution >= 4 is 5.97 Å². The lowest BCUT2D eigenvalue weighted by atomic mass is 9.98. The second-order valence-electron chi connectivity index (χ2n) is 3.75. The number of hydrogen-bond donors (Lipinski definition) is 0. The van der Waals surface area contributed by atoms with Gasteiger partial charge in [0.25, 0.3) is 0 Å². The minimum absolute atomic E-state index is 0.0757. The molecule has 0 heterocycles. The van der Waals surface area contributed by atoms with Crippen LogP contribution in [-0.2, 0) is 14.3 Å². The first-order chi connectivity index (χ1) is 7.24. The summed E-state index contributed by atoms with van der Waals surface area (Å²) in [7, 11) is 0. The molecular formula is C12H18O3. The SMILES string of the molecule is C=COCC(=C)C(=O)OC1CCCCC1. The maximum Gasteiger partial charge on any atom is 0.337 e. The third kappa shape index (κ3) is 4.19. The van der Waals surface area contributed by atoms with Crippen LogP contribution in [0.15, 0.2) is 25.0 Å². The Bertz CT molecular complexity index is 239. The number of carbonyl (C=O) groups excluding carboxylic acids is 1. The molecule has 0 aromatic rings. The van der Waals surface area contributed by atoms with E-state index in [1.807, 2.05) is 0 Å². The number of carbonyl (C=O) groups is 1. The molecule has 0 aliphatic heterocycles. The first-order valence-corrected chi connectivity index (χ1v) is 5.35. The predicted molar refractivity (Wildman–Crippen MR) is 58.3 cm³/mol. The minimum atomic E-state index is -0.344. The molecule has 84 valence electrons. The van der Waals surface area contributed by atoms with E-state index >= 15 is 0 Å². The zero-order chi connectivity index (χ0) is 11.1. The van der Waals surface area contributed by atoms with Crippen molar-refractivity contribution in [3.8, 4) is 0 Å². The maximum absolute atomic E-state index is 11.5. The average Bonchev–Trinajstić information content (AvgIpc) is 2.27. The van der Waals surface area contributed by atoms with Crippen LogP contribution < -0.4 is 0 Å². The van der Waals surface area contributed by atoms with Crippen molar-refractivity contribution in [3.63, 3.8) is 0 Å². The molecule has 15 heavy (non-hydrogen) atoms. The van der Waals surface area contributed by atoms with Crippen molar-refractivity contribution < 1.29 is 14.3 Å². The van der Waals surface area contributed by atoms with Crippen molar-refractivity contribution in [1.82, 2.24) is 0 Å². The Morgan fingerprint density at radius 2 is 2.00 bits per heavy atom. The highest BCUT2D eigenvalue weighted by atomic mass is 16.5. The Kier molecular flexibility index (Phi) is 4.95. The molecule has 0 atom stereocenters. The van der Waals surface area contributed by atoms with E-state index in [0.29, 0.717) is 5.57 Å². The van der Waals surface area contributed by atoms with Crippen LogP contribution >= 0.6 is 0 Å². The molecule has 0 spiro atoms. The highest BCUT2D eigenvalue weighted by Gasteiger charge is 2.19. The van der Waals surface area contributed by atoms with Gasteiger partial charge in [0.15, 0.2) is 0 Å². The summed E-state index contributed by atoms with van der Waals surface area (Å²) in [5.74, 6) is -0.344. The van der Waals surface area contributed by atoms with Crippen LogP contribution in [0.1, 0.15) is 32.1 Å². The maximum atomic E-state index is 11.5. The van der Waals surface area contributed by atoms with E-state index in [2.05, 4.69) is 13.2 Å². The summed E-state index contributed by atoms with van der Waals surface area (Å²) in [5.41, 5.74) is 0.348. The van der Waals surface area contributed by atoms with Gasteiger partial charge in [0.05, 0.1) is 11.8 Å². The summed E-state index contributed by atoms with van der Waals surface area (Å²) >= 11 is 0.